The van der Waals surface area contributed by atoms with Crippen molar-refractivity contribution in [3.05, 3.63) is 52.2 Å². The van der Waals surface area contributed by atoms with Crippen molar-refractivity contribution in [2.75, 3.05) is 7.11 Å². The first kappa shape index (κ1) is 14.8. The number of rotatable bonds is 5. The molecule has 1 aliphatic rings. The molecule has 1 aromatic carbocycles. The van der Waals surface area contributed by atoms with E-state index in [-0.39, 0.29) is 0 Å². The van der Waals surface area contributed by atoms with Gasteiger partial charge in [-0.05, 0) is 48.4 Å². The smallest absolute Gasteiger partial charge is 0.375 e. The van der Waals surface area contributed by atoms with Gasteiger partial charge >= 0.3 is 5.97 Å². The zero-order valence-corrected chi connectivity index (χ0v) is 13.3. The molecule has 4 nitrogen and oxygen atoms in total. The number of ether oxygens (including phenoxy) is 1. The normalized spacial score (nSPS) is 20.5. The number of carbonyl (C=O) groups is 1. The molecule has 22 heavy (non-hydrogen) atoms. The van der Waals surface area contributed by atoms with Crippen LogP contribution in [0, 0.1) is 5.92 Å². The first-order valence-corrected chi connectivity index (χ1v) is 8.00. The Kier molecular flexibility index (Phi) is 4.24. The Morgan fingerprint density at radius 1 is 1.27 bits per heavy atom. The van der Waals surface area contributed by atoms with E-state index in [9.17, 15) is 4.79 Å². The van der Waals surface area contributed by atoms with Crippen molar-refractivity contribution in [1.29, 1.82) is 0 Å². The molecule has 1 fully saturated rings. The predicted molar refractivity (Wildman–Crippen MR) is 86.7 cm³/mol. The molecule has 1 heterocycles. The van der Waals surface area contributed by atoms with Gasteiger partial charge in [0.2, 0.25) is 0 Å². The van der Waals surface area contributed by atoms with Gasteiger partial charge in [-0.25, -0.2) is 4.79 Å². The van der Waals surface area contributed by atoms with Crippen LogP contribution in [0.25, 0.3) is 0 Å². The summed E-state index contributed by atoms with van der Waals surface area (Å²) in [6, 6.07) is 11.6. The molecule has 0 radical (unpaired) electrons. The van der Waals surface area contributed by atoms with Crippen LogP contribution in [0.3, 0.4) is 0 Å². The van der Waals surface area contributed by atoms with Crippen molar-refractivity contribution >= 4 is 23.0 Å². The van der Waals surface area contributed by atoms with Crippen LogP contribution in [0.4, 0.5) is 0 Å². The van der Waals surface area contributed by atoms with E-state index in [2.05, 4.69) is 17.3 Å². The van der Waals surface area contributed by atoms with Crippen molar-refractivity contribution < 1.29 is 14.4 Å². The van der Waals surface area contributed by atoms with E-state index in [1.807, 2.05) is 30.5 Å². The lowest BCUT2D eigenvalue weighted by molar-refractivity contribution is 0.0520. The Morgan fingerprint density at radius 2 is 2.05 bits per heavy atom. The van der Waals surface area contributed by atoms with Gasteiger partial charge in [0.15, 0.2) is 0 Å². The summed E-state index contributed by atoms with van der Waals surface area (Å²) in [6.45, 7) is 1.91. The number of oxime groups is 1. The molecule has 114 valence electrons. The maximum Gasteiger partial charge on any atom is 0.375 e. The fraction of sp³-hybridized carbons (Fsp3) is 0.294. The van der Waals surface area contributed by atoms with Gasteiger partial charge in [-0.1, -0.05) is 23.4 Å². The van der Waals surface area contributed by atoms with E-state index in [4.69, 9.17) is 9.57 Å². The average Bonchev–Trinajstić information content (AvgIpc) is 3.17. The molecule has 0 aliphatic heterocycles. The second kappa shape index (κ2) is 6.32. The van der Waals surface area contributed by atoms with Gasteiger partial charge in [-0.15, -0.1) is 11.3 Å². The fourth-order valence-electron chi connectivity index (χ4n) is 2.50. The van der Waals surface area contributed by atoms with Crippen molar-refractivity contribution in [2.45, 2.75) is 19.3 Å². The lowest BCUT2D eigenvalue weighted by Crippen LogP contribution is -2.03. The van der Waals surface area contributed by atoms with Gasteiger partial charge < -0.3 is 9.57 Å². The SMILES string of the molecule is COc1ccc([C@H]2C[C@@H]2C(C)=NOC(=O)c2cccs2)cc1. The molecule has 1 aliphatic carbocycles. The highest BCUT2D eigenvalue weighted by Crippen LogP contribution is 2.48. The molecule has 0 N–H and O–H groups in total. The van der Waals surface area contributed by atoms with E-state index in [1.54, 1.807) is 13.2 Å². The molecule has 0 unspecified atom stereocenters. The van der Waals surface area contributed by atoms with Gasteiger partial charge in [0, 0.05) is 5.92 Å². The molecule has 0 amide bonds. The minimum Gasteiger partial charge on any atom is -0.497 e. The summed E-state index contributed by atoms with van der Waals surface area (Å²) in [6.07, 6.45) is 1.04. The number of benzene rings is 1. The van der Waals surface area contributed by atoms with Crippen LogP contribution >= 0.6 is 11.3 Å². The average molecular weight is 315 g/mol. The summed E-state index contributed by atoms with van der Waals surface area (Å²) >= 11 is 1.35. The Morgan fingerprint density at radius 3 is 2.68 bits per heavy atom. The largest absolute Gasteiger partial charge is 0.497 e. The Hall–Kier alpha value is -2.14. The minimum atomic E-state index is -0.393. The summed E-state index contributed by atoms with van der Waals surface area (Å²) in [5.74, 6) is 1.27. The minimum absolute atomic E-state index is 0.351. The third kappa shape index (κ3) is 3.20. The second-order valence-electron chi connectivity index (χ2n) is 5.31. The van der Waals surface area contributed by atoms with Crippen LogP contribution in [-0.2, 0) is 4.84 Å². The molecule has 1 aromatic heterocycles. The van der Waals surface area contributed by atoms with E-state index in [0.717, 1.165) is 17.9 Å². The summed E-state index contributed by atoms with van der Waals surface area (Å²) in [7, 11) is 1.66. The van der Waals surface area contributed by atoms with Crippen LogP contribution in [0.5, 0.6) is 5.75 Å². The molecule has 5 heteroatoms. The van der Waals surface area contributed by atoms with E-state index in [0.29, 0.717) is 16.7 Å². The number of methoxy groups -OCH3 is 1. The summed E-state index contributed by atoms with van der Waals surface area (Å²) in [4.78, 5) is 17.3. The van der Waals surface area contributed by atoms with Crippen molar-refractivity contribution in [1.82, 2.24) is 0 Å². The molecule has 3 rings (SSSR count). The van der Waals surface area contributed by atoms with E-state index < -0.39 is 5.97 Å². The van der Waals surface area contributed by atoms with Gasteiger partial charge in [0.05, 0.1) is 12.8 Å². The van der Waals surface area contributed by atoms with Crippen molar-refractivity contribution in [3.8, 4) is 5.75 Å². The third-order valence-corrected chi connectivity index (χ3v) is 4.72. The molecule has 1 saturated carbocycles. The summed E-state index contributed by atoms with van der Waals surface area (Å²) < 4.78 is 5.16. The highest BCUT2D eigenvalue weighted by Gasteiger charge is 2.40. The number of hydrogen-bond acceptors (Lipinski definition) is 5. The highest BCUT2D eigenvalue weighted by atomic mass is 32.1. The van der Waals surface area contributed by atoms with Crippen molar-refractivity contribution in [2.24, 2.45) is 11.1 Å². The van der Waals surface area contributed by atoms with Crippen LogP contribution in [-0.4, -0.2) is 18.8 Å². The second-order valence-corrected chi connectivity index (χ2v) is 6.26. The highest BCUT2D eigenvalue weighted by molar-refractivity contribution is 7.11. The van der Waals surface area contributed by atoms with Crippen LogP contribution < -0.4 is 4.74 Å². The lowest BCUT2D eigenvalue weighted by atomic mass is 10.1. The number of hydrogen-bond donors (Lipinski definition) is 0. The predicted octanol–water partition coefficient (Wildman–Crippen LogP) is 4.09. The maximum atomic E-state index is 11.7. The monoisotopic (exact) mass is 315 g/mol. The Balaban J connectivity index is 1.58. The van der Waals surface area contributed by atoms with Gasteiger partial charge in [0.1, 0.15) is 10.6 Å². The summed E-state index contributed by atoms with van der Waals surface area (Å²) in [5, 5.41) is 5.84. The number of nitrogens with zero attached hydrogens (tertiary/aromatic N) is 1. The molecule has 0 saturated heterocycles. The van der Waals surface area contributed by atoms with Crippen molar-refractivity contribution in [3.63, 3.8) is 0 Å². The van der Waals surface area contributed by atoms with Crippen LogP contribution in [0.1, 0.15) is 34.5 Å². The van der Waals surface area contributed by atoms with Crippen LogP contribution in [0.15, 0.2) is 46.9 Å². The molecular weight excluding hydrogens is 298 g/mol. The Bertz CT molecular complexity index is 676. The molecular formula is C17H17NO3S. The number of thiophene rings is 1. The quantitative estimate of drug-likeness (QED) is 0.474. The van der Waals surface area contributed by atoms with Gasteiger partial charge in [0.25, 0.3) is 0 Å². The zero-order chi connectivity index (χ0) is 15.5. The van der Waals surface area contributed by atoms with E-state index in [1.165, 1.54) is 16.9 Å². The lowest BCUT2D eigenvalue weighted by Gasteiger charge is -2.03. The van der Waals surface area contributed by atoms with Crippen LogP contribution in [0.2, 0.25) is 0 Å². The van der Waals surface area contributed by atoms with Gasteiger partial charge in [-0.3, -0.25) is 0 Å². The molecule has 0 bridgehead atoms. The maximum absolute atomic E-state index is 11.7. The first-order valence-electron chi connectivity index (χ1n) is 7.12. The standard InChI is InChI=1S/C17H17NO3S/c1-11(18-21-17(19)16-4-3-9-22-16)14-10-15(14)12-5-7-13(20-2)8-6-12/h3-9,14-15H,10H2,1-2H3/t14-,15-/m1/s1. The third-order valence-electron chi connectivity index (χ3n) is 3.87. The Labute approximate surface area is 133 Å². The first-order chi connectivity index (χ1) is 10.7. The number of carbonyl (C=O) groups excluding carboxylic acids is 1. The molecule has 2 atom stereocenters. The zero-order valence-electron chi connectivity index (χ0n) is 12.5. The molecule has 0 spiro atoms. The molecule has 2 aromatic rings. The summed E-state index contributed by atoms with van der Waals surface area (Å²) in [5.41, 5.74) is 2.13. The topological polar surface area (TPSA) is 47.9 Å². The van der Waals surface area contributed by atoms with Gasteiger partial charge in [-0.2, -0.15) is 0 Å². The van der Waals surface area contributed by atoms with E-state index >= 15 is 0 Å². The fourth-order valence-corrected chi connectivity index (χ4v) is 3.09.